The largest absolute Gasteiger partial charge is 0.406 e. The fourth-order valence-corrected chi connectivity index (χ4v) is 1.92. The summed E-state index contributed by atoms with van der Waals surface area (Å²) in [5.74, 6) is 0.572. The monoisotopic (exact) mass is 290 g/mol. The summed E-state index contributed by atoms with van der Waals surface area (Å²) < 4.78 is 5.59. The summed E-state index contributed by atoms with van der Waals surface area (Å²) in [5, 5.41) is 23.3. The Kier molecular flexibility index (Phi) is 5.71. The molecule has 0 spiro atoms. The molecule has 1 aromatic carbocycles. The van der Waals surface area contributed by atoms with E-state index >= 15 is 0 Å². The van der Waals surface area contributed by atoms with Gasteiger partial charge in [0.05, 0.1) is 6.04 Å². The molecule has 114 valence electrons. The molecule has 2 rings (SSSR count). The van der Waals surface area contributed by atoms with Gasteiger partial charge >= 0.3 is 6.01 Å². The van der Waals surface area contributed by atoms with Gasteiger partial charge in [-0.3, -0.25) is 0 Å². The molecule has 21 heavy (non-hydrogen) atoms. The lowest BCUT2D eigenvalue weighted by Gasteiger charge is -2.07. The van der Waals surface area contributed by atoms with Crippen LogP contribution in [0.15, 0.2) is 28.7 Å². The third-order valence-corrected chi connectivity index (χ3v) is 3.12. The second-order valence-corrected chi connectivity index (χ2v) is 4.92. The van der Waals surface area contributed by atoms with Gasteiger partial charge in [0.15, 0.2) is 0 Å². The number of aliphatic hydroxyl groups excluding tert-OH is 1. The van der Waals surface area contributed by atoms with Crippen LogP contribution in [-0.4, -0.2) is 28.5 Å². The topological polar surface area (TPSA) is 83.2 Å². The molecule has 0 bridgehead atoms. The quantitative estimate of drug-likeness (QED) is 0.692. The number of benzene rings is 1. The molecule has 0 saturated heterocycles. The standard InChI is InChI=1S/C15H22N4O2/c1-3-9-16-11(2)14-18-19-15(21-14)17-13-6-4-12(5-7-13)8-10-20/h4-7,11,16,20H,3,8-10H2,1-2H3,(H,17,19). The van der Waals surface area contributed by atoms with Gasteiger partial charge in [0.1, 0.15) is 0 Å². The van der Waals surface area contributed by atoms with Crippen LogP contribution in [-0.2, 0) is 6.42 Å². The van der Waals surface area contributed by atoms with Crippen LogP contribution in [0.25, 0.3) is 0 Å². The molecule has 1 heterocycles. The smallest absolute Gasteiger partial charge is 0.320 e. The van der Waals surface area contributed by atoms with Gasteiger partial charge in [-0.05, 0) is 44.0 Å². The molecule has 2 aromatic rings. The van der Waals surface area contributed by atoms with Crippen LogP contribution in [0.4, 0.5) is 11.7 Å². The third kappa shape index (κ3) is 4.54. The molecule has 1 unspecified atom stereocenters. The number of rotatable bonds is 8. The number of aromatic nitrogens is 2. The summed E-state index contributed by atoms with van der Waals surface area (Å²) in [4.78, 5) is 0. The van der Waals surface area contributed by atoms with Crippen molar-refractivity contribution in [2.75, 3.05) is 18.5 Å². The van der Waals surface area contributed by atoms with E-state index in [4.69, 9.17) is 9.52 Å². The van der Waals surface area contributed by atoms with Gasteiger partial charge in [-0.2, -0.15) is 0 Å². The lowest BCUT2D eigenvalue weighted by Crippen LogP contribution is -2.19. The molecule has 1 aromatic heterocycles. The van der Waals surface area contributed by atoms with Crippen molar-refractivity contribution in [3.05, 3.63) is 35.7 Å². The van der Waals surface area contributed by atoms with Crippen LogP contribution < -0.4 is 10.6 Å². The maximum atomic E-state index is 8.89. The highest BCUT2D eigenvalue weighted by molar-refractivity contribution is 5.52. The molecular formula is C15H22N4O2. The van der Waals surface area contributed by atoms with Crippen molar-refractivity contribution in [2.24, 2.45) is 0 Å². The maximum absolute atomic E-state index is 8.89. The molecule has 0 amide bonds. The van der Waals surface area contributed by atoms with Crippen LogP contribution in [0.3, 0.4) is 0 Å². The van der Waals surface area contributed by atoms with E-state index in [1.54, 1.807) is 0 Å². The average Bonchev–Trinajstić information content (AvgIpc) is 2.96. The van der Waals surface area contributed by atoms with Gasteiger partial charge in [0, 0.05) is 12.3 Å². The van der Waals surface area contributed by atoms with Crippen molar-refractivity contribution in [2.45, 2.75) is 32.7 Å². The summed E-state index contributed by atoms with van der Waals surface area (Å²) in [5.41, 5.74) is 1.97. The minimum atomic E-state index is 0.0416. The first-order valence-electron chi connectivity index (χ1n) is 7.26. The van der Waals surface area contributed by atoms with Crippen LogP contribution in [0.2, 0.25) is 0 Å². The molecule has 0 aliphatic heterocycles. The molecule has 6 heteroatoms. The maximum Gasteiger partial charge on any atom is 0.320 e. The Morgan fingerprint density at radius 2 is 2.00 bits per heavy atom. The predicted molar refractivity (Wildman–Crippen MR) is 81.5 cm³/mol. The minimum Gasteiger partial charge on any atom is -0.406 e. The Balaban J connectivity index is 1.95. The summed E-state index contributed by atoms with van der Waals surface area (Å²) in [7, 11) is 0. The molecule has 1 atom stereocenters. The van der Waals surface area contributed by atoms with Gasteiger partial charge in [-0.25, -0.2) is 0 Å². The molecule has 0 fully saturated rings. The van der Waals surface area contributed by atoms with Crippen molar-refractivity contribution in [1.82, 2.24) is 15.5 Å². The second kappa shape index (κ2) is 7.75. The molecule has 0 radical (unpaired) electrons. The molecular weight excluding hydrogens is 268 g/mol. The summed E-state index contributed by atoms with van der Waals surface area (Å²) in [6.45, 7) is 5.18. The normalized spacial score (nSPS) is 12.3. The van der Waals surface area contributed by atoms with E-state index < -0.39 is 0 Å². The van der Waals surface area contributed by atoms with Gasteiger partial charge in [0.2, 0.25) is 5.89 Å². The zero-order valence-electron chi connectivity index (χ0n) is 12.5. The first-order chi connectivity index (χ1) is 10.2. The average molecular weight is 290 g/mol. The predicted octanol–water partition coefficient (Wildman–Crippen LogP) is 2.41. The van der Waals surface area contributed by atoms with E-state index in [0.29, 0.717) is 18.3 Å². The van der Waals surface area contributed by atoms with E-state index in [-0.39, 0.29) is 12.6 Å². The van der Waals surface area contributed by atoms with Crippen molar-refractivity contribution < 1.29 is 9.52 Å². The van der Waals surface area contributed by atoms with Gasteiger partial charge in [-0.1, -0.05) is 24.2 Å². The Morgan fingerprint density at radius 1 is 1.24 bits per heavy atom. The highest BCUT2D eigenvalue weighted by Gasteiger charge is 2.13. The van der Waals surface area contributed by atoms with Crippen molar-refractivity contribution >= 4 is 11.7 Å². The number of hydrogen-bond acceptors (Lipinski definition) is 6. The fraction of sp³-hybridized carbons (Fsp3) is 0.467. The molecule has 0 aliphatic rings. The Morgan fingerprint density at radius 3 is 2.67 bits per heavy atom. The first-order valence-corrected chi connectivity index (χ1v) is 7.26. The SMILES string of the molecule is CCCNC(C)c1nnc(Nc2ccc(CCO)cc2)o1. The number of nitrogens with one attached hydrogen (secondary N) is 2. The Labute approximate surface area is 124 Å². The summed E-state index contributed by atoms with van der Waals surface area (Å²) >= 11 is 0. The van der Waals surface area contributed by atoms with Gasteiger partial charge in [-0.15, -0.1) is 5.10 Å². The summed E-state index contributed by atoms with van der Waals surface area (Å²) in [6.07, 6.45) is 1.72. The van der Waals surface area contributed by atoms with Crippen LogP contribution in [0.5, 0.6) is 0 Å². The Bertz CT molecular complexity index is 539. The van der Waals surface area contributed by atoms with E-state index in [1.165, 1.54) is 0 Å². The molecule has 3 N–H and O–H groups in total. The van der Waals surface area contributed by atoms with Gasteiger partial charge in [0.25, 0.3) is 0 Å². The molecule has 0 saturated carbocycles. The second-order valence-electron chi connectivity index (χ2n) is 4.92. The fourth-order valence-electron chi connectivity index (χ4n) is 1.92. The van der Waals surface area contributed by atoms with E-state index in [0.717, 1.165) is 24.2 Å². The van der Waals surface area contributed by atoms with Crippen LogP contribution >= 0.6 is 0 Å². The van der Waals surface area contributed by atoms with E-state index in [9.17, 15) is 0 Å². The number of anilines is 2. The first kappa shape index (κ1) is 15.5. The van der Waals surface area contributed by atoms with E-state index in [1.807, 2.05) is 31.2 Å². The number of nitrogens with zero attached hydrogens (tertiary/aromatic N) is 2. The number of hydrogen-bond donors (Lipinski definition) is 3. The minimum absolute atomic E-state index is 0.0416. The molecule has 0 aliphatic carbocycles. The van der Waals surface area contributed by atoms with Gasteiger partial charge < -0.3 is 20.2 Å². The Hall–Kier alpha value is -1.92. The summed E-state index contributed by atoms with van der Waals surface area (Å²) in [6, 6.07) is 8.19. The van der Waals surface area contributed by atoms with Crippen LogP contribution in [0.1, 0.15) is 37.8 Å². The van der Waals surface area contributed by atoms with Crippen LogP contribution in [0, 0.1) is 0 Å². The molecule has 6 nitrogen and oxygen atoms in total. The highest BCUT2D eigenvalue weighted by atomic mass is 16.4. The third-order valence-electron chi connectivity index (χ3n) is 3.12. The lowest BCUT2D eigenvalue weighted by atomic mass is 10.1. The lowest BCUT2D eigenvalue weighted by molar-refractivity contribution is 0.299. The number of aliphatic hydroxyl groups is 1. The highest BCUT2D eigenvalue weighted by Crippen LogP contribution is 2.18. The van der Waals surface area contributed by atoms with Crippen molar-refractivity contribution in [3.63, 3.8) is 0 Å². The van der Waals surface area contributed by atoms with Crippen molar-refractivity contribution in [3.8, 4) is 0 Å². The van der Waals surface area contributed by atoms with E-state index in [2.05, 4.69) is 27.8 Å². The van der Waals surface area contributed by atoms with Crippen molar-refractivity contribution in [1.29, 1.82) is 0 Å². The zero-order valence-corrected chi connectivity index (χ0v) is 12.5. The zero-order chi connectivity index (χ0) is 15.1.